The van der Waals surface area contributed by atoms with Gasteiger partial charge in [0, 0.05) is 32.1 Å². The van der Waals surface area contributed by atoms with E-state index in [-0.39, 0.29) is 42.0 Å². The fourth-order valence-electron chi connectivity index (χ4n) is 2.75. The molecule has 1 heterocycles. The van der Waals surface area contributed by atoms with E-state index in [9.17, 15) is 9.59 Å². The zero-order valence-corrected chi connectivity index (χ0v) is 15.4. The fraction of sp³-hybridized carbons (Fsp3) is 0.882. The highest BCUT2D eigenvalue weighted by Gasteiger charge is 2.25. The molecule has 1 aliphatic heterocycles. The molecule has 2 N–H and O–H groups in total. The van der Waals surface area contributed by atoms with Gasteiger partial charge in [0.15, 0.2) is 0 Å². The maximum Gasteiger partial charge on any atom is 0.239 e. The molecule has 0 bridgehead atoms. The number of rotatable bonds is 6. The standard InChI is InChI=1S/C17H33N3O3/c1-12(20-10-13(2)23-14(3)11-20)8-18-16(22)9-19-15(21)7-17(4,5)6/h12-14H,7-11H2,1-6H3,(H,18,22)(H,19,21). The minimum Gasteiger partial charge on any atom is -0.373 e. The van der Waals surface area contributed by atoms with Crippen molar-refractivity contribution < 1.29 is 14.3 Å². The number of carbonyl (C=O) groups excluding carboxylic acids is 2. The maximum absolute atomic E-state index is 11.9. The Hall–Kier alpha value is -1.14. The van der Waals surface area contributed by atoms with Gasteiger partial charge in [-0.1, -0.05) is 20.8 Å². The van der Waals surface area contributed by atoms with Crippen LogP contribution in [0.5, 0.6) is 0 Å². The molecule has 6 heteroatoms. The minimum atomic E-state index is -0.145. The largest absolute Gasteiger partial charge is 0.373 e. The Morgan fingerprint density at radius 1 is 1.13 bits per heavy atom. The Kier molecular flexibility index (Phi) is 7.48. The molecule has 1 fully saturated rings. The van der Waals surface area contributed by atoms with Gasteiger partial charge in [0.1, 0.15) is 0 Å². The van der Waals surface area contributed by atoms with Gasteiger partial charge in [-0.3, -0.25) is 14.5 Å². The Labute approximate surface area is 140 Å². The number of ether oxygens (including phenoxy) is 1. The quantitative estimate of drug-likeness (QED) is 0.768. The van der Waals surface area contributed by atoms with Crippen LogP contribution < -0.4 is 10.6 Å². The van der Waals surface area contributed by atoms with E-state index in [1.54, 1.807) is 0 Å². The molecule has 1 rings (SSSR count). The van der Waals surface area contributed by atoms with Gasteiger partial charge in [0.2, 0.25) is 11.8 Å². The molecule has 0 aromatic heterocycles. The molecule has 3 unspecified atom stereocenters. The van der Waals surface area contributed by atoms with Crippen LogP contribution in [0.2, 0.25) is 0 Å². The smallest absolute Gasteiger partial charge is 0.239 e. The van der Waals surface area contributed by atoms with Crippen LogP contribution >= 0.6 is 0 Å². The van der Waals surface area contributed by atoms with Crippen LogP contribution in [0.25, 0.3) is 0 Å². The number of hydrogen-bond donors (Lipinski definition) is 2. The molecular weight excluding hydrogens is 294 g/mol. The second kappa shape index (κ2) is 8.64. The average Bonchev–Trinajstić information content (AvgIpc) is 2.39. The van der Waals surface area contributed by atoms with Gasteiger partial charge >= 0.3 is 0 Å². The van der Waals surface area contributed by atoms with Crippen molar-refractivity contribution in [2.24, 2.45) is 5.41 Å². The van der Waals surface area contributed by atoms with Gasteiger partial charge in [-0.05, 0) is 26.2 Å². The first-order valence-corrected chi connectivity index (χ1v) is 8.49. The van der Waals surface area contributed by atoms with Crippen LogP contribution in [0.3, 0.4) is 0 Å². The molecule has 1 saturated heterocycles. The molecule has 6 nitrogen and oxygen atoms in total. The van der Waals surface area contributed by atoms with E-state index in [0.717, 1.165) is 13.1 Å². The van der Waals surface area contributed by atoms with Crippen LogP contribution in [0.4, 0.5) is 0 Å². The second-order valence-corrected chi connectivity index (χ2v) is 7.88. The number of nitrogens with one attached hydrogen (secondary N) is 2. The third-order valence-corrected chi connectivity index (χ3v) is 3.80. The van der Waals surface area contributed by atoms with E-state index in [4.69, 9.17) is 4.74 Å². The maximum atomic E-state index is 11.9. The lowest BCUT2D eigenvalue weighted by atomic mass is 9.92. The molecule has 2 amide bonds. The highest BCUT2D eigenvalue weighted by molar-refractivity contribution is 5.84. The van der Waals surface area contributed by atoms with Crippen LogP contribution in [-0.2, 0) is 14.3 Å². The highest BCUT2D eigenvalue weighted by Crippen LogP contribution is 2.17. The highest BCUT2D eigenvalue weighted by atomic mass is 16.5. The summed E-state index contributed by atoms with van der Waals surface area (Å²) >= 11 is 0. The topological polar surface area (TPSA) is 70.7 Å². The van der Waals surface area contributed by atoms with E-state index in [1.807, 2.05) is 20.8 Å². The Balaban J connectivity index is 2.26. The molecular formula is C17H33N3O3. The normalized spacial score (nSPS) is 24.1. The van der Waals surface area contributed by atoms with E-state index in [0.29, 0.717) is 13.0 Å². The predicted molar refractivity (Wildman–Crippen MR) is 91.1 cm³/mol. The lowest BCUT2D eigenvalue weighted by molar-refractivity contribution is -0.127. The summed E-state index contributed by atoms with van der Waals surface area (Å²) in [6, 6.07) is 0.248. The monoisotopic (exact) mass is 327 g/mol. The lowest BCUT2D eigenvalue weighted by Gasteiger charge is -2.39. The summed E-state index contributed by atoms with van der Waals surface area (Å²) in [6.07, 6.45) is 0.849. The Morgan fingerprint density at radius 3 is 2.22 bits per heavy atom. The van der Waals surface area contributed by atoms with E-state index >= 15 is 0 Å². The zero-order valence-electron chi connectivity index (χ0n) is 15.4. The number of amides is 2. The van der Waals surface area contributed by atoms with Crippen molar-refractivity contribution in [1.29, 1.82) is 0 Å². The Bertz CT molecular complexity index is 396. The van der Waals surface area contributed by atoms with Crippen molar-refractivity contribution in [3.05, 3.63) is 0 Å². The molecule has 3 atom stereocenters. The van der Waals surface area contributed by atoms with Crippen LogP contribution in [-0.4, -0.2) is 61.1 Å². The summed E-state index contributed by atoms with van der Waals surface area (Å²) in [4.78, 5) is 25.9. The first-order valence-electron chi connectivity index (χ1n) is 8.49. The molecule has 0 aromatic carbocycles. The number of nitrogens with zero attached hydrogens (tertiary/aromatic N) is 1. The van der Waals surface area contributed by atoms with E-state index < -0.39 is 0 Å². The molecule has 0 aliphatic carbocycles. The molecule has 0 saturated carbocycles. The first-order chi connectivity index (χ1) is 10.6. The summed E-state index contributed by atoms with van der Waals surface area (Å²) < 4.78 is 5.72. The van der Waals surface area contributed by atoms with Gasteiger partial charge in [-0.25, -0.2) is 0 Å². The van der Waals surface area contributed by atoms with Crippen LogP contribution in [0, 0.1) is 5.41 Å². The van der Waals surface area contributed by atoms with E-state index in [2.05, 4.69) is 36.3 Å². The predicted octanol–water partition coefficient (Wildman–Crippen LogP) is 1.15. The van der Waals surface area contributed by atoms with Crippen molar-refractivity contribution in [3.8, 4) is 0 Å². The van der Waals surface area contributed by atoms with Crippen molar-refractivity contribution in [1.82, 2.24) is 15.5 Å². The summed E-state index contributed by atoms with van der Waals surface area (Å²) in [5.41, 5.74) is -0.0706. The summed E-state index contributed by atoms with van der Waals surface area (Å²) in [6.45, 7) is 14.6. The van der Waals surface area contributed by atoms with Gasteiger partial charge in [0.25, 0.3) is 0 Å². The van der Waals surface area contributed by atoms with Crippen molar-refractivity contribution in [2.45, 2.75) is 66.2 Å². The van der Waals surface area contributed by atoms with Gasteiger partial charge in [0.05, 0.1) is 18.8 Å². The zero-order chi connectivity index (χ0) is 17.6. The molecule has 1 aliphatic rings. The minimum absolute atomic E-state index is 0.0392. The number of hydrogen-bond acceptors (Lipinski definition) is 4. The first kappa shape index (κ1) is 19.9. The van der Waals surface area contributed by atoms with E-state index in [1.165, 1.54) is 0 Å². The number of carbonyl (C=O) groups is 2. The average molecular weight is 327 g/mol. The summed E-state index contributed by atoms with van der Waals surface area (Å²) in [7, 11) is 0. The van der Waals surface area contributed by atoms with Gasteiger partial charge < -0.3 is 15.4 Å². The molecule has 0 spiro atoms. The molecule has 0 radical (unpaired) electrons. The molecule has 0 aromatic rings. The van der Waals surface area contributed by atoms with Crippen molar-refractivity contribution in [2.75, 3.05) is 26.2 Å². The van der Waals surface area contributed by atoms with Crippen LogP contribution in [0.15, 0.2) is 0 Å². The SMILES string of the molecule is CC1CN(C(C)CNC(=O)CNC(=O)CC(C)(C)C)CC(C)O1. The van der Waals surface area contributed by atoms with Gasteiger partial charge in [-0.2, -0.15) is 0 Å². The summed E-state index contributed by atoms with van der Waals surface area (Å²) in [5, 5.41) is 5.56. The number of morpholine rings is 1. The lowest BCUT2D eigenvalue weighted by Crippen LogP contribution is -2.52. The second-order valence-electron chi connectivity index (χ2n) is 7.88. The van der Waals surface area contributed by atoms with Crippen molar-refractivity contribution >= 4 is 11.8 Å². The Morgan fingerprint density at radius 2 is 1.70 bits per heavy atom. The third-order valence-electron chi connectivity index (χ3n) is 3.80. The summed E-state index contributed by atoms with van der Waals surface area (Å²) in [5.74, 6) is -0.231. The molecule has 23 heavy (non-hydrogen) atoms. The fourth-order valence-corrected chi connectivity index (χ4v) is 2.75. The van der Waals surface area contributed by atoms with Crippen molar-refractivity contribution in [3.63, 3.8) is 0 Å². The third kappa shape index (κ3) is 8.32. The van der Waals surface area contributed by atoms with Gasteiger partial charge in [-0.15, -0.1) is 0 Å². The van der Waals surface area contributed by atoms with Crippen LogP contribution in [0.1, 0.15) is 48.0 Å². The molecule has 134 valence electrons.